The van der Waals surface area contributed by atoms with Crippen LogP contribution in [-0.2, 0) is 4.79 Å². The zero-order valence-electron chi connectivity index (χ0n) is 15.4. The molecule has 0 amide bonds. The Morgan fingerprint density at radius 1 is 1.08 bits per heavy atom. The number of hydrogen-bond acceptors (Lipinski definition) is 6. The summed E-state index contributed by atoms with van der Waals surface area (Å²) in [6.07, 6.45) is 8.80. The number of carbonyl (C=O) groups excluding carboxylic acids is 1. The van der Waals surface area contributed by atoms with Crippen molar-refractivity contribution in [2.45, 2.75) is 50.6 Å². The second-order valence-electron chi connectivity index (χ2n) is 8.08. The molecule has 1 aromatic rings. The molecule has 2 bridgehead atoms. The minimum absolute atomic E-state index is 0.257. The van der Waals surface area contributed by atoms with Gasteiger partial charge in [-0.2, -0.15) is 0 Å². The van der Waals surface area contributed by atoms with Gasteiger partial charge < -0.3 is 9.80 Å². The van der Waals surface area contributed by atoms with Crippen LogP contribution >= 0.6 is 0 Å². The fraction of sp³-hybridized carbons (Fsp3) is 0.737. The summed E-state index contributed by atoms with van der Waals surface area (Å²) in [6.45, 7) is 6.49. The number of fused-ring (bicyclic) bond motifs is 2. The predicted molar refractivity (Wildman–Crippen MR) is 97.9 cm³/mol. The summed E-state index contributed by atoms with van der Waals surface area (Å²) in [5, 5.41) is 0. The van der Waals surface area contributed by atoms with Gasteiger partial charge >= 0.3 is 0 Å². The molecule has 3 aliphatic heterocycles. The zero-order valence-corrected chi connectivity index (χ0v) is 15.4. The minimum atomic E-state index is 0.257. The summed E-state index contributed by atoms with van der Waals surface area (Å²) < 4.78 is 0. The van der Waals surface area contributed by atoms with Crippen LogP contribution in [0.4, 0.5) is 5.95 Å². The molecule has 25 heavy (non-hydrogen) atoms. The summed E-state index contributed by atoms with van der Waals surface area (Å²) in [5.74, 6) is 1.70. The number of ketones is 1. The molecule has 4 rings (SSSR count). The molecule has 6 nitrogen and oxygen atoms in total. The largest absolute Gasteiger partial charge is 0.332 e. The van der Waals surface area contributed by atoms with Crippen LogP contribution in [0.2, 0.25) is 0 Å². The van der Waals surface area contributed by atoms with Gasteiger partial charge in [-0.1, -0.05) is 0 Å². The highest BCUT2D eigenvalue weighted by Crippen LogP contribution is 2.33. The number of likely N-dealkylation sites (N-methyl/N-ethyl adjacent to an activating group) is 1. The lowest BCUT2D eigenvalue weighted by atomic mass is 9.91. The van der Waals surface area contributed by atoms with Gasteiger partial charge in [0.25, 0.3) is 0 Å². The van der Waals surface area contributed by atoms with Crippen LogP contribution in [0.1, 0.15) is 44.1 Å². The number of hydrogen-bond donors (Lipinski definition) is 0. The van der Waals surface area contributed by atoms with E-state index in [0.29, 0.717) is 24.5 Å². The Morgan fingerprint density at radius 2 is 1.68 bits per heavy atom. The third-order valence-corrected chi connectivity index (χ3v) is 6.06. The van der Waals surface area contributed by atoms with Gasteiger partial charge in [0, 0.05) is 37.6 Å². The van der Waals surface area contributed by atoms with Gasteiger partial charge in [0.1, 0.15) is 5.78 Å². The molecule has 3 saturated heterocycles. The Hall–Kier alpha value is -1.53. The standard InChI is InChI=1S/C19H29N5O/c1-14(25)11-23-7-5-15(6-8-23)16-9-20-19(21-10-16)24-17-3-4-18(24)13-22(2)12-17/h9-10,15,17-18H,3-8,11-13H2,1-2H3. The Balaban J connectivity index is 1.39. The van der Waals surface area contributed by atoms with Crippen LogP contribution in [0.5, 0.6) is 0 Å². The van der Waals surface area contributed by atoms with Crippen molar-refractivity contribution in [1.29, 1.82) is 0 Å². The highest BCUT2D eigenvalue weighted by Gasteiger charge is 2.40. The Kier molecular flexibility index (Phi) is 4.73. The quantitative estimate of drug-likeness (QED) is 0.826. The van der Waals surface area contributed by atoms with Gasteiger partial charge in [-0.25, -0.2) is 9.97 Å². The third kappa shape index (κ3) is 3.55. The number of carbonyl (C=O) groups is 1. The van der Waals surface area contributed by atoms with E-state index in [4.69, 9.17) is 9.97 Å². The van der Waals surface area contributed by atoms with Crippen LogP contribution in [0.25, 0.3) is 0 Å². The number of piperidine rings is 1. The van der Waals surface area contributed by atoms with Crippen LogP contribution in [0, 0.1) is 0 Å². The van der Waals surface area contributed by atoms with Crippen LogP contribution in [0.3, 0.4) is 0 Å². The molecule has 0 radical (unpaired) electrons. The molecule has 2 unspecified atom stereocenters. The van der Waals surface area contributed by atoms with E-state index in [-0.39, 0.29) is 5.78 Å². The highest BCUT2D eigenvalue weighted by atomic mass is 16.1. The van der Waals surface area contributed by atoms with Gasteiger partial charge in [0.2, 0.25) is 5.95 Å². The molecule has 2 atom stereocenters. The maximum Gasteiger partial charge on any atom is 0.225 e. The lowest BCUT2D eigenvalue weighted by molar-refractivity contribution is -0.118. The van der Waals surface area contributed by atoms with Crippen molar-refractivity contribution in [2.24, 2.45) is 0 Å². The molecule has 3 aliphatic rings. The van der Waals surface area contributed by atoms with Gasteiger partial charge in [-0.05, 0) is 64.2 Å². The summed E-state index contributed by atoms with van der Waals surface area (Å²) in [5.41, 5.74) is 1.26. The van der Waals surface area contributed by atoms with Gasteiger partial charge in [-0.3, -0.25) is 9.69 Å². The van der Waals surface area contributed by atoms with Crippen molar-refractivity contribution in [3.8, 4) is 0 Å². The van der Waals surface area contributed by atoms with Crippen molar-refractivity contribution in [1.82, 2.24) is 19.8 Å². The van der Waals surface area contributed by atoms with E-state index in [2.05, 4.69) is 21.7 Å². The van der Waals surface area contributed by atoms with E-state index < -0.39 is 0 Å². The first-order valence-electron chi connectivity index (χ1n) is 9.61. The average Bonchev–Trinajstić information content (AvgIpc) is 2.87. The normalized spacial score (nSPS) is 28.5. The summed E-state index contributed by atoms with van der Waals surface area (Å²) in [7, 11) is 2.21. The van der Waals surface area contributed by atoms with Crippen molar-refractivity contribution in [3.05, 3.63) is 18.0 Å². The van der Waals surface area contributed by atoms with Crippen molar-refractivity contribution < 1.29 is 4.79 Å². The van der Waals surface area contributed by atoms with Crippen molar-refractivity contribution in [2.75, 3.05) is 44.7 Å². The Bertz CT molecular complexity index is 597. The van der Waals surface area contributed by atoms with E-state index in [0.717, 1.165) is 45.0 Å². The fourth-order valence-corrected chi connectivity index (χ4v) is 4.85. The fourth-order valence-electron chi connectivity index (χ4n) is 4.85. The van der Waals surface area contributed by atoms with Crippen LogP contribution < -0.4 is 4.90 Å². The van der Waals surface area contributed by atoms with E-state index >= 15 is 0 Å². The van der Waals surface area contributed by atoms with E-state index in [1.54, 1.807) is 6.92 Å². The Labute approximate surface area is 150 Å². The van der Waals surface area contributed by atoms with Crippen molar-refractivity contribution in [3.63, 3.8) is 0 Å². The Morgan fingerprint density at radius 3 is 2.24 bits per heavy atom. The minimum Gasteiger partial charge on any atom is -0.332 e. The van der Waals surface area contributed by atoms with Gasteiger partial charge in [0.15, 0.2) is 0 Å². The number of rotatable bonds is 4. The molecule has 4 heterocycles. The number of aromatic nitrogens is 2. The molecule has 0 N–H and O–H groups in total. The molecule has 0 saturated carbocycles. The molecule has 136 valence electrons. The smallest absolute Gasteiger partial charge is 0.225 e. The topological polar surface area (TPSA) is 52.6 Å². The molecular formula is C19H29N5O. The van der Waals surface area contributed by atoms with E-state index in [9.17, 15) is 4.79 Å². The lowest BCUT2D eigenvalue weighted by Crippen LogP contribution is -2.53. The molecule has 6 heteroatoms. The number of likely N-dealkylation sites (tertiary alicyclic amines) is 2. The van der Waals surface area contributed by atoms with Crippen molar-refractivity contribution >= 4 is 11.7 Å². The zero-order chi connectivity index (χ0) is 17.4. The number of Topliss-reactive ketones (excluding diaryl/α,β-unsaturated/α-hetero) is 1. The monoisotopic (exact) mass is 343 g/mol. The summed E-state index contributed by atoms with van der Waals surface area (Å²) >= 11 is 0. The predicted octanol–water partition coefficient (Wildman–Crippen LogP) is 1.53. The molecule has 3 fully saturated rings. The second kappa shape index (κ2) is 7.00. The molecular weight excluding hydrogens is 314 g/mol. The van der Waals surface area contributed by atoms with E-state index in [1.165, 1.54) is 18.4 Å². The first-order valence-corrected chi connectivity index (χ1v) is 9.61. The number of nitrogens with zero attached hydrogens (tertiary/aromatic N) is 5. The summed E-state index contributed by atoms with van der Waals surface area (Å²) in [4.78, 5) is 27.9. The molecule has 0 aliphatic carbocycles. The first kappa shape index (κ1) is 16.9. The third-order valence-electron chi connectivity index (χ3n) is 6.06. The average molecular weight is 343 g/mol. The maximum absolute atomic E-state index is 11.3. The van der Waals surface area contributed by atoms with E-state index in [1.807, 2.05) is 12.4 Å². The SMILES string of the molecule is CC(=O)CN1CCC(c2cnc(N3C4CCC3CN(C)C4)nc2)CC1. The van der Waals surface area contributed by atoms with Gasteiger partial charge in [-0.15, -0.1) is 0 Å². The lowest BCUT2D eigenvalue weighted by Gasteiger charge is -2.39. The molecule has 0 aromatic carbocycles. The number of anilines is 1. The maximum atomic E-state index is 11.3. The second-order valence-corrected chi connectivity index (χ2v) is 8.08. The molecule has 1 aromatic heterocycles. The first-order chi connectivity index (χ1) is 12.1. The van der Waals surface area contributed by atoms with Crippen LogP contribution in [0.15, 0.2) is 12.4 Å². The summed E-state index contributed by atoms with van der Waals surface area (Å²) in [6, 6.07) is 1.15. The number of piperazine rings is 1. The van der Waals surface area contributed by atoms with Gasteiger partial charge in [0.05, 0.1) is 6.54 Å². The van der Waals surface area contributed by atoms with Crippen LogP contribution in [-0.4, -0.2) is 77.4 Å². The highest BCUT2D eigenvalue weighted by molar-refractivity contribution is 5.77. The molecule has 0 spiro atoms.